The molecule has 4 rings (SSSR count). The summed E-state index contributed by atoms with van der Waals surface area (Å²) >= 11 is 0. The molecule has 3 aromatic rings. The predicted octanol–water partition coefficient (Wildman–Crippen LogP) is 5.59. The fraction of sp³-hybridized carbons (Fsp3) is 0.185. The van der Waals surface area contributed by atoms with Gasteiger partial charge in [-0.3, -0.25) is 4.79 Å². The van der Waals surface area contributed by atoms with Crippen molar-refractivity contribution in [2.24, 2.45) is 5.92 Å². The number of carbonyl (C=O) groups is 2. The lowest BCUT2D eigenvalue weighted by molar-refractivity contribution is -0.113. The lowest BCUT2D eigenvalue weighted by Crippen LogP contribution is -2.26. The molecular weight excluding hydrogens is 386 g/mol. The Balaban J connectivity index is 1.81. The van der Waals surface area contributed by atoms with Crippen LogP contribution in [0.3, 0.4) is 0 Å². The van der Waals surface area contributed by atoms with Crippen LogP contribution in [0.4, 0.5) is 5.69 Å². The zero-order valence-electron chi connectivity index (χ0n) is 18.0. The van der Waals surface area contributed by atoms with Gasteiger partial charge >= 0.3 is 5.97 Å². The van der Waals surface area contributed by atoms with E-state index in [2.05, 4.69) is 26.0 Å². The van der Waals surface area contributed by atoms with Gasteiger partial charge in [0.2, 0.25) is 0 Å². The van der Waals surface area contributed by atoms with Crippen LogP contribution in [-0.2, 0) is 16.1 Å². The molecule has 4 heteroatoms. The predicted molar refractivity (Wildman–Crippen MR) is 124 cm³/mol. The van der Waals surface area contributed by atoms with Crippen molar-refractivity contribution in [1.29, 1.82) is 0 Å². The van der Waals surface area contributed by atoms with Gasteiger partial charge in [-0.15, -0.1) is 0 Å². The third-order valence-corrected chi connectivity index (χ3v) is 5.54. The molecule has 0 aromatic heterocycles. The molecule has 0 N–H and O–H groups in total. The molecule has 0 saturated heterocycles. The first kappa shape index (κ1) is 20.6. The smallest absolute Gasteiger partial charge is 0.337 e. The Morgan fingerprint density at radius 3 is 2.29 bits per heavy atom. The van der Waals surface area contributed by atoms with Gasteiger partial charge in [0, 0.05) is 5.56 Å². The molecule has 156 valence electrons. The molecule has 1 amide bonds. The van der Waals surface area contributed by atoms with Gasteiger partial charge in [-0.05, 0) is 40.8 Å². The number of nitrogens with zero attached hydrogens (tertiary/aromatic N) is 1. The second-order valence-electron chi connectivity index (χ2n) is 7.91. The maximum atomic E-state index is 13.7. The summed E-state index contributed by atoms with van der Waals surface area (Å²) < 4.78 is 4.84. The summed E-state index contributed by atoms with van der Waals surface area (Å²) in [4.78, 5) is 27.5. The van der Waals surface area contributed by atoms with Crippen molar-refractivity contribution >= 4 is 28.7 Å². The van der Waals surface area contributed by atoms with Gasteiger partial charge in [0.05, 0.1) is 30.5 Å². The molecule has 0 radical (unpaired) electrons. The van der Waals surface area contributed by atoms with Crippen LogP contribution < -0.4 is 4.90 Å². The highest BCUT2D eigenvalue weighted by Crippen LogP contribution is 2.43. The monoisotopic (exact) mass is 411 g/mol. The quantitative estimate of drug-likeness (QED) is 0.406. The minimum Gasteiger partial charge on any atom is -0.465 e. The van der Waals surface area contributed by atoms with Crippen LogP contribution in [0.15, 0.2) is 78.9 Å². The average Bonchev–Trinajstić information content (AvgIpc) is 3.06. The third-order valence-electron chi connectivity index (χ3n) is 5.54. The number of para-hydroxylation sites is 1. The largest absolute Gasteiger partial charge is 0.465 e. The van der Waals surface area contributed by atoms with Crippen molar-refractivity contribution < 1.29 is 14.3 Å². The van der Waals surface area contributed by atoms with E-state index >= 15 is 0 Å². The Kier molecular flexibility index (Phi) is 5.72. The fourth-order valence-electron chi connectivity index (χ4n) is 4.18. The number of allylic oxidation sites excluding steroid dienone is 1. The fourth-order valence-corrected chi connectivity index (χ4v) is 4.18. The molecule has 0 atom stereocenters. The lowest BCUT2D eigenvalue weighted by Gasteiger charge is -2.19. The molecular formula is C27H25NO3. The molecule has 4 nitrogen and oxygen atoms in total. The maximum Gasteiger partial charge on any atom is 0.337 e. The standard InChI is InChI=1S/C27H25NO3/c1-18(2)24(20-11-5-4-6-12-20)25-22-14-7-8-15-23(22)28(26(25)29)17-19-10-9-13-21(16-19)27(30)31-3/h4-16,18H,17H2,1-3H3. The van der Waals surface area contributed by atoms with Crippen molar-refractivity contribution in [1.82, 2.24) is 0 Å². The summed E-state index contributed by atoms with van der Waals surface area (Å²) in [7, 11) is 1.36. The summed E-state index contributed by atoms with van der Waals surface area (Å²) in [6.45, 7) is 4.62. The Morgan fingerprint density at radius 2 is 1.58 bits per heavy atom. The van der Waals surface area contributed by atoms with Crippen molar-refractivity contribution in [2.75, 3.05) is 12.0 Å². The highest BCUT2D eigenvalue weighted by Gasteiger charge is 2.35. The molecule has 0 aliphatic carbocycles. The summed E-state index contributed by atoms with van der Waals surface area (Å²) in [6.07, 6.45) is 0. The molecule has 0 spiro atoms. The molecule has 3 aromatic carbocycles. The first-order chi connectivity index (χ1) is 15.0. The van der Waals surface area contributed by atoms with Gasteiger partial charge in [-0.1, -0.05) is 74.5 Å². The van der Waals surface area contributed by atoms with Gasteiger partial charge < -0.3 is 9.64 Å². The normalized spacial score (nSPS) is 14.6. The Morgan fingerprint density at radius 1 is 0.903 bits per heavy atom. The van der Waals surface area contributed by atoms with Crippen LogP contribution >= 0.6 is 0 Å². The number of carbonyl (C=O) groups excluding carboxylic acids is 2. The average molecular weight is 412 g/mol. The van der Waals surface area contributed by atoms with E-state index in [1.807, 2.05) is 54.6 Å². The number of anilines is 1. The molecule has 1 aliphatic heterocycles. The van der Waals surface area contributed by atoms with Crippen molar-refractivity contribution in [3.63, 3.8) is 0 Å². The number of fused-ring (bicyclic) bond motifs is 1. The highest BCUT2D eigenvalue weighted by molar-refractivity contribution is 6.37. The Bertz CT molecular complexity index is 1160. The number of methoxy groups -OCH3 is 1. The molecule has 0 unspecified atom stereocenters. The van der Waals surface area contributed by atoms with Crippen molar-refractivity contribution in [3.8, 4) is 0 Å². The number of amides is 1. The minimum absolute atomic E-state index is 0.0165. The lowest BCUT2D eigenvalue weighted by atomic mass is 9.88. The third kappa shape index (κ3) is 3.89. The van der Waals surface area contributed by atoms with Gasteiger partial charge in [-0.25, -0.2) is 4.79 Å². The second kappa shape index (κ2) is 8.60. The summed E-state index contributed by atoms with van der Waals surface area (Å²) in [6, 6.07) is 25.2. The van der Waals surface area contributed by atoms with Crippen molar-refractivity contribution in [2.45, 2.75) is 20.4 Å². The van der Waals surface area contributed by atoms with Crippen LogP contribution in [0.2, 0.25) is 0 Å². The van der Waals surface area contributed by atoms with Gasteiger partial charge in [0.15, 0.2) is 0 Å². The number of esters is 1. The maximum absolute atomic E-state index is 13.7. The summed E-state index contributed by atoms with van der Waals surface area (Å²) in [5, 5.41) is 0. The highest BCUT2D eigenvalue weighted by atomic mass is 16.5. The molecule has 0 bridgehead atoms. The van der Waals surface area contributed by atoms with E-state index in [9.17, 15) is 9.59 Å². The summed E-state index contributed by atoms with van der Waals surface area (Å²) in [5.41, 5.74) is 6.04. The zero-order valence-corrected chi connectivity index (χ0v) is 18.0. The van der Waals surface area contributed by atoms with E-state index in [1.165, 1.54) is 7.11 Å². The number of benzene rings is 3. The van der Waals surface area contributed by atoms with E-state index in [-0.39, 0.29) is 17.8 Å². The summed E-state index contributed by atoms with van der Waals surface area (Å²) in [5.74, 6) is -0.226. The molecule has 0 saturated carbocycles. The van der Waals surface area contributed by atoms with Gasteiger partial charge in [-0.2, -0.15) is 0 Å². The first-order valence-corrected chi connectivity index (χ1v) is 10.4. The van der Waals surface area contributed by atoms with E-state index in [0.717, 1.165) is 33.5 Å². The Labute approximate surface area is 182 Å². The number of hydrogen-bond acceptors (Lipinski definition) is 3. The SMILES string of the molecule is COC(=O)c1cccc(CN2C(=O)C(=C(c3ccccc3)C(C)C)c3ccccc32)c1. The van der Waals surface area contributed by atoms with Crippen LogP contribution in [0.5, 0.6) is 0 Å². The topological polar surface area (TPSA) is 46.6 Å². The number of hydrogen-bond donors (Lipinski definition) is 0. The zero-order chi connectivity index (χ0) is 22.0. The van der Waals surface area contributed by atoms with Crippen LogP contribution in [-0.4, -0.2) is 19.0 Å². The first-order valence-electron chi connectivity index (χ1n) is 10.4. The second-order valence-corrected chi connectivity index (χ2v) is 7.91. The van der Waals surface area contributed by atoms with E-state index in [4.69, 9.17) is 4.74 Å². The van der Waals surface area contributed by atoms with Gasteiger partial charge in [0.1, 0.15) is 0 Å². The van der Waals surface area contributed by atoms with Crippen molar-refractivity contribution in [3.05, 3.63) is 101 Å². The molecule has 31 heavy (non-hydrogen) atoms. The number of rotatable bonds is 5. The van der Waals surface area contributed by atoms with E-state index in [0.29, 0.717) is 12.1 Å². The van der Waals surface area contributed by atoms with E-state index in [1.54, 1.807) is 17.0 Å². The van der Waals surface area contributed by atoms with E-state index < -0.39 is 0 Å². The molecule has 1 aliphatic rings. The van der Waals surface area contributed by atoms with Gasteiger partial charge in [0.25, 0.3) is 5.91 Å². The van der Waals surface area contributed by atoms with Crippen LogP contribution in [0.1, 0.15) is 40.9 Å². The Hall–Kier alpha value is -3.66. The molecule has 0 fully saturated rings. The van der Waals surface area contributed by atoms with Crippen LogP contribution in [0.25, 0.3) is 11.1 Å². The minimum atomic E-state index is -0.387. The number of ether oxygens (including phenoxy) is 1. The molecule has 1 heterocycles. The van der Waals surface area contributed by atoms with Crippen LogP contribution in [0, 0.1) is 5.92 Å².